The fourth-order valence-corrected chi connectivity index (χ4v) is 4.51. The van der Waals surface area contributed by atoms with Gasteiger partial charge < -0.3 is 5.32 Å². The van der Waals surface area contributed by atoms with Crippen molar-refractivity contribution in [3.8, 4) is 0 Å². The first-order valence-corrected chi connectivity index (χ1v) is 10.4. The lowest BCUT2D eigenvalue weighted by Gasteiger charge is -2.25. The van der Waals surface area contributed by atoms with Crippen molar-refractivity contribution >= 4 is 33.2 Å². The highest BCUT2D eigenvalue weighted by molar-refractivity contribution is 7.13. The van der Waals surface area contributed by atoms with E-state index >= 15 is 0 Å². The van der Waals surface area contributed by atoms with Gasteiger partial charge in [-0.05, 0) is 49.2 Å². The number of hydrogen-bond donors (Lipinski definition) is 1. The van der Waals surface area contributed by atoms with Crippen LogP contribution in [0.3, 0.4) is 0 Å². The molecule has 4 aromatic rings. The molecule has 1 atom stereocenters. The van der Waals surface area contributed by atoms with E-state index in [1.54, 1.807) is 17.5 Å². The standard InChI is InChI=1S/C22H21N5S/c1-5-16(17-6-3-11-23-18(17)7-1)15-27-13-4-9-20(27)19-8-2-10-21(25-19)26-22-24-12-14-28-22/h1-3,5-8,10-12,14,20H,4,9,13,15H2,(H,24,25,26)/t20-/m1/s1. The molecule has 0 unspecified atom stereocenters. The Kier molecular flexibility index (Phi) is 4.72. The third-order valence-corrected chi connectivity index (χ3v) is 5.94. The Hall–Kier alpha value is -2.83. The number of benzene rings is 1. The molecule has 0 radical (unpaired) electrons. The van der Waals surface area contributed by atoms with E-state index in [0.29, 0.717) is 6.04 Å². The molecule has 0 spiro atoms. The van der Waals surface area contributed by atoms with Crippen LogP contribution in [0.25, 0.3) is 10.9 Å². The van der Waals surface area contributed by atoms with Crippen molar-refractivity contribution < 1.29 is 0 Å². The van der Waals surface area contributed by atoms with E-state index in [4.69, 9.17) is 4.98 Å². The van der Waals surface area contributed by atoms with Crippen molar-refractivity contribution in [2.24, 2.45) is 0 Å². The average molecular weight is 388 g/mol. The number of anilines is 2. The maximum atomic E-state index is 4.89. The number of fused-ring (bicyclic) bond motifs is 1. The van der Waals surface area contributed by atoms with Gasteiger partial charge in [-0.25, -0.2) is 9.97 Å². The van der Waals surface area contributed by atoms with Crippen LogP contribution in [0.2, 0.25) is 0 Å². The third kappa shape index (κ3) is 3.48. The van der Waals surface area contributed by atoms with Crippen molar-refractivity contribution in [3.05, 3.63) is 77.6 Å². The molecule has 140 valence electrons. The first-order chi connectivity index (χ1) is 13.9. The predicted molar refractivity (Wildman–Crippen MR) is 114 cm³/mol. The molecule has 1 aliphatic heterocycles. The summed E-state index contributed by atoms with van der Waals surface area (Å²) in [5.74, 6) is 0.855. The molecule has 1 aromatic carbocycles. The molecule has 5 nitrogen and oxygen atoms in total. The van der Waals surface area contributed by atoms with E-state index in [2.05, 4.69) is 56.6 Å². The summed E-state index contributed by atoms with van der Waals surface area (Å²) in [5, 5.41) is 7.38. The van der Waals surface area contributed by atoms with Gasteiger partial charge in [-0.1, -0.05) is 24.3 Å². The van der Waals surface area contributed by atoms with E-state index in [1.807, 2.05) is 23.7 Å². The molecule has 1 saturated heterocycles. The van der Waals surface area contributed by atoms with Crippen molar-refractivity contribution in [2.75, 3.05) is 11.9 Å². The first kappa shape index (κ1) is 17.3. The van der Waals surface area contributed by atoms with Gasteiger partial charge in [0.2, 0.25) is 0 Å². The molecule has 0 amide bonds. The highest BCUT2D eigenvalue weighted by atomic mass is 32.1. The van der Waals surface area contributed by atoms with Gasteiger partial charge in [0.25, 0.3) is 0 Å². The van der Waals surface area contributed by atoms with Crippen LogP contribution in [0.5, 0.6) is 0 Å². The van der Waals surface area contributed by atoms with Crippen molar-refractivity contribution in [3.63, 3.8) is 0 Å². The van der Waals surface area contributed by atoms with Crippen LogP contribution in [-0.4, -0.2) is 26.4 Å². The van der Waals surface area contributed by atoms with Crippen LogP contribution in [-0.2, 0) is 6.54 Å². The summed E-state index contributed by atoms with van der Waals surface area (Å²) in [6.45, 7) is 2.01. The zero-order valence-electron chi connectivity index (χ0n) is 15.5. The lowest BCUT2D eigenvalue weighted by Crippen LogP contribution is -2.23. The second-order valence-electron chi connectivity index (χ2n) is 7.03. The van der Waals surface area contributed by atoms with Crippen LogP contribution in [0.15, 0.2) is 66.3 Å². The van der Waals surface area contributed by atoms with Gasteiger partial charge in [0.1, 0.15) is 5.82 Å². The summed E-state index contributed by atoms with van der Waals surface area (Å²) in [6.07, 6.45) is 5.99. The molecular formula is C22H21N5S. The smallest absolute Gasteiger partial charge is 0.188 e. The summed E-state index contributed by atoms with van der Waals surface area (Å²) >= 11 is 1.58. The Morgan fingerprint density at radius 2 is 2.00 bits per heavy atom. The Morgan fingerprint density at radius 1 is 1.04 bits per heavy atom. The molecule has 0 saturated carbocycles. The number of hydrogen-bond acceptors (Lipinski definition) is 6. The molecule has 3 aromatic heterocycles. The minimum absolute atomic E-state index is 0.338. The zero-order valence-corrected chi connectivity index (χ0v) is 16.3. The summed E-state index contributed by atoms with van der Waals surface area (Å²) in [6, 6.07) is 17.1. The number of thiazole rings is 1. The lowest BCUT2D eigenvalue weighted by molar-refractivity contribution is 0.245. The summed E-state index contributed by atoms with van der Waals surface area (Å²) < 4.78 is 0. The molecule has 28 heavy (non-hydrogen) atoms. The summed E-state index contributed by atoms with van der Waals surface area (Å²) in [4.78, 5) is 16.2. The highest BCUT2D eigenvalue weighted by Gasteiger charge is 2.27. The van der Waals surface area contributed by atoms with Crippen molar-refractivity contribution in [1.29, 1.82) is 0 Å². The SMILES string of the molecule is c1cc(Nc2nccs2)nc([C@H]2CCCN2Cc2cccc3ncccc23)c1. The average Bonchev–Trinajstić information content (AvgIpc) is 3.41. The molecule has 1 aliphatic rings. The normalized spacial score (nSPS) is 17.2. The maximum Gasteiger partial charge on any atom is 0.188 e. The van der Waals surface area contributed by atoms with Gasteiger partial charge in [-0.3, -0.25) is 9.88 Å². The largest absolute Gasteiger partial charge is 0.316 e. The number of nitrogens with zero attached hydrogens (tertiary/aromatic N) is 4. The van der Waals surface area contributed by atoms with Crippen LogP contribution in [0.4, 0.5) is 10.9 Å². The molecule has 0 aliphatic carbocycles. The molecule has 6 heteroatoms. The van der Waals surface area contributed by atoms with Crippen LogP contribution in [0.1, 0.15) is 30.1 Å². The second-order valence-corrected chi connectivity index (χ2v) is 7.92. The second kappa shape index (κ2) is 7.66. The predicted octanol–water partition coefficient (Wildman–Crippen LogP) is 5.17. The summed E-state index contributed by atoms with van der Waals surface area (Å²) in [5.41, 5.74) is 3.51. The minimum Gasteiger partial charge on any atom is -0.316 e. The van der Waals surface area contributed by atoms with Gasteiger partial charge in [0.15, 0.2) is 5.13 Å². The van der Waals surface area contributed by atoms with Crippen molar-refractivity contribution in [1.82, 2.24) is 19.9 Å². The van der Waals surface area contributed by atoms with E-state index in [1.165, 1.54) is 17.4 Å². The molecule has 0 bridgehead atoms. The molecule has 5 rings (SSSR count). The van der Waals surface area contributed by atoms with E-state index in [0.717, 1.165) is 41.7 Å². The fourth-order valence-electron chi connectivity index (χ4n) is 3.98. The minimum atomic E-state index is 0.338. The number of pyridine rings is 2. The van der Waals surface area contributed by atoms with Gasteiger partial charge >= 0.3 is 0 Å². The van der Waals surface area contributed by atoms with Crippen molar-refractivity contribution in [2.45, 2.75) is 25.4 Å². The monoisotopic (exact) mass is 387 g/mol. The molecule has 4 heterocycles. The van der Waals surface area contributed by atoms with Gasteiger partial charge in [-0.15, -0.1) is 11.3 Å². The topological polar surface area (TPSA) is 53.9 Å². The molecule has 1 N–H and O–H groups in total. The van der Waals surface area contributed by atoms with E-state index in [9.17, 15) is 0 Å². The third-order valence-electron chi connectivity index (χ3n) is 5.25. The summed E-state index contributed by atoms with van der Waals surface area (Å²) in [7, 11) is 0. The van der Waals surface area contributed by atoms with Crippen LogP contribution < -0.4 is 5.32 Å². The number of nitrogens with one attached hydrogen (secondary N) is 1. The molecule has 1 fully saturated rings. The van der Waals surface area contributed by atoms with Gasteiger partial charge in [0.05, 0.1) is 17.3 Å². The van der Waals surface area contributed by atoms with Crippen LogP contribution in [0, 0.1) is 0 Å². The highest BCUT2D eigenvalue weighted by Crippen LogP contribution is 2.34. The fraction of sp³-hybridized carbons (Fsp3) is 0.227. The maximum absolute atomic E-state index is 4.89. The Bertz CT molecular complexity index is 1070. The van der Waals surface area contributed by atoms with Gasteiger partial charge in [-0.2, -0.15) is 0 Å². The Labute approximate surface area is 168 Å². The Morgan fingerprint density at radius 3 is 2.93 bits per heavy atom. The van der Waals surface area contributed by atoms with Crippen LogP contribution >= 0.6 is 11.3 Å². The van der Waals surface area contributed by atoms with Gasteiger partial charge in [0, 0.05) is 29.7 Å². The van der Waals surface area contributed by atoms with E-state index in [-0.39, 0.29) is 0 Å². The first-order valence-electron chi connectivity index (χ1n) is 9.57. The number of aromatic nitrogens is 3. The van der Waals surface area contributed by atoms with E-state index < -0.39 is 0 Å². The lowest BCUT2D eigenvalue weighted by atomic mass is 10.1. The number of likely N-dealkylation sites (tertiary alicyclic amines) is 1. The quantitative estimate of drug-likeness (QED) is 0.512. The Balaban J connectivity index is 1.39. The number of rotatable bonds is 5. The zero-order chi connectivity index (χ0) is 18.8. The molecular weight excluding hydrogens is 366 g/mol.